The first-order valence-corrected chi connectivity index (χ1v) is 6.69. The van der Waals surface area contributed by atoms with Crippen molar-refractivity contribution >= 4 is 10.9 Å². The molecule has 0 bridgehead atoms. The van der Waals surface area contributed by atoms with Gasteiger partial charge in [-0.25, -0.2) is 0 Å². The Bertz CT molecular complexity index is 905. The molecule has 0 amide bonds. The van der Waals surface area contributed by atoms with Crippen LogP contribution in [-0.2, 0) is 7.05 Å². The molecule has 4 aromatic rings. The van der Waals surface area contributed by atoms with Crippen LogP contribution in [0.3, 0.4) is 0 Å². The molecule has 4 rings (SSSR count). The maximum atomic E-state index is 4.61. The normalized spacial score (nSPS) is 11.1. The van der Waals surface area contributed by atoms with Crippen molar-refractivity contribution in [1.82, 2.24) is 25.0 Å². The summed E-state index contributed by atoms with van der Waals surface area (Å²) in [6, 6.07) is 10.1. The highest BCUT2D eigenvalue weighted by Gasteiger charge is 2.14. The van der Waals surface area contributed by atoms with E-state index in [9.17, 15) is 0 Å². The summed E-state index contributed by atoms with van der Waals surface area (Å²) in [6.45, 7) is 0. The van der Waals surface area contributed by atoms with Gasteiger partial charge < -0.3 is 0 Å². The fraction of sp³-hybridized carbons (Fsp3) is 0.0625. The highest BCUT2D eigenvalue weighted by Crippen LogP contribution is 2.34. The number of hydrogen-bond acceptors (Lipinski definition) is 3. The van der Waals surface area contributed by atoms with Crippen molar-refractivity contribution in [2.24, 2.45) is 7.05 Å². The molecular weight excluding hydrogens is 262 g/mol. The van der Waals surface area contributed by atoms with E-state index in [1.165, 1.54) is 0 Å². The smallest absolute Gasteiger partial charge is 0.100 e. The molecule has 0 radical (unpaired) electrons. The zero-order chi connectivity index (χ0) is 14.2. The number of nitrogens with zero attached hydrogens (tertiary/aromatic N) is 4. The summed E-state index contributed by atoms with van der Waals surface area (Å²) in [4.78, 5) is 4.07. The van der Waals surface area contributed by atoms with Crippen molar-refractivity contribution in [1.29, 1.82) is 0 Å². The minimum absolute atomic E-state index is 0.952. The molecule has 1 N–H and O–H groups in total. The molecule has 21 heavy (non-hydrogen) atoms. The molecule has 0 spiro atoms. The van der Waals surface area contributed by atoms with Crippen molar-refractivity contribution in [2.45, 2.75) is 0 Å². The Hall–Kier alpha value is -2.95. The van der Waals surface area contributed by atoms with Gasteiger partial charge in [-0.3, -0.25) is 14.8 Å². The van der Waals surface area contributed by atoms with Crippen molar-refractivity contribution in [3.05, 3.63) is 55.1 Å². The van der Waals surface area contributed by atoms with Gasteiger partial charge in [0.15, 0.2) is 0 Å². The van der Waals surface area contributed by atoms with Gasteiger partial charge in [0.1, 0.15) is 5.69 Å². The van der Waals surface area contributed by atoms with E-state index < -0.39 is 0 Å². The molecule has 5 heteroatoms. The number of hydrogen-bond donors (Lipinski definition) is 1. The summed E-state index contributed by atoms with van der Waals surface area (Å²) in [5.74, 6) is 0. The van der Waals surface area contributed by atoms with Crippen LogP contribution in [0.4, 0.5) is 0 Å². The Labute approximate surface area is 121 Å². The molecule has 0 aliphatic carbocycles. The summed E-state index contributed by atoms with van der Waals surface area (Å²) in [6.07, 6.45) is 7.46. The summed E-state index contributed by atoms with van der Waals surface area (Å²) in [5, 5.41) is 12.8. The summed E-state index contributed by atoms with van der Waals surface area (Å²) < 4.78 is 1.84. The minimum atomic E-state index is 0.952. The first kappa shape index (κ1) is 11.8. The summed E-state index contributed by atoms with van der Waals surface area (Å²) in [5.41, 5.74) is 5.25. The van der Waals surface area contributed by atoms with Crippen LogP contribution < -0.4 is 0 Å². The van der Waals surface area contributed by atoms with E-state index in [-0.39, 0.29) is 0 Å². The summed E-state index contributed by atoms with van der Waals surface area (Å²) >= 11 is 0. The molecule has 0 unspecified atom stereocenters. The number of aryl methyl sites for hydroxylation is 1. The topological polar surface area (TPSA) is 59.4 Å². The van der Waals surface area contributed by atoms with E-state index >= 15 is 0 Å². The number of aromatic amines is 1. The highest BCUT2D eigenvalue weighted by atomic mass is 15.3. The zero-order valence-corrected chi connectivity index (χ0v) is 11.5. The first-order valence-electron chi connectivity index (χ1n) is 6.69. The third-order valence-corrected chi connectivity index (χ3v) is 3.56. The predicted molar refractivity (Wildman–Crippen MR) is 81.5 cm³/mol. The van der Waals surface area contributed by atoms with Crippen molar-refractivity contribution in [3.8, 4) is 22.4 Å². The number of fused-ring (bicyclic) bond motifs is 1. The van der Waals surface area contributed by atoms with Gasteiger partial charge in [-0.2, -0.15) is 10.2 Å². The van der Waals surface area contributed by atoms with Crippen molar-refractivity contribution in [3.63, 3.8) is 0 Å². The second-order valence-electron chi connectivity index (χ2n) is 4.94. The van der Waals surface area contributed by atoms with Gasteiger partial charge in [-0.15, -0.1) is 0 Å². The quantitative estimate of drug-likeness (QED) is 0.611. The number of benzene rings is 1. The maximum Gasteiger partial charge on any atom is 0.100 e. The van der Waals surface area contributed by atoms with E-state index in [2.05, 4.69) is 26.3 Å². The van der Waals surface area contributed by atoms with Crippen LogP contribution >= 0.6 is 0 Å². The number of rotatable bonds is 2. The van der Waals surface area contributed by atoms with E-state index in [0.717, 1.165) is 33.3 Å². The Morgan fingerprint density at radius 1 is 1.05 bits per heavy atom. The van der Waals surface area contributed by atoms with E-state index in [1.807, 2.05) is 48.4 Å². The summed E-state index contributed by atoms with van der Waals surface area (Å²) in [7, 11) is 1.93. The zero-order valence-electron chi connectivity index (χ0n) is 11.5. The second kappa shape index (κ2) is 4.56. The SMILES string of the molecule is Cn1cc(-c2cccc3[nH]ncc23)c(-c2ccncc2)n1. The molecule has 0 saturated heterocycles. The van der Waals surface area contributed by atoms with Crippen LogP contribution in [0.25, 0.3) is 33.3 Å². The minimum Gasteiger partial charge on any atom is -0.278 e. The third kappa shape index (κ3) is 1.90. The van der Waals surface area contributed by atoms with E-state index in [0.29, 0.717) is 0 Å². The average molecular weight is 275 g/mol. The largest absolute Gasteiger partial charge is 0.278 e. The lowest BCUT2D eigenvalue weighted by molar-refractivity contribution is 0.771. The van der Waals surface area contributed by atoms with E-state index in [1.54, 1.807) is 12.4 Å². The van der Waals surface area contributed by atoms with E-state index in [4.69, 9.17) is 0 Å². The molecule has 0 saturated carbocycles. The van der Waals surface area contributed by atoms with Gasteiger partial charge in [0, 0.05) is 42.2 Å². The molecule has 0 fully saturated rings. The molecule has 0 atom stereocenters. The van der Waals surface area contributed by atoms with Gasteiger partial charge in [0.25, 0.3) is 0 Å². The Balaban J connectivity index is 2.00. The van der Waals surface area contributed by atoms with Crippen LogP contribution in [0.2, 0.25) is 0 Å². The molecule has 0 aliphatic heterocycles. The second-order valence-corrected chi connectivity index (χ2v) is 4.94. The van der Waals surface area contributed by atoms with Gasteiger partial charge in [-0.05, 0) is 23.8 Å². The predicted octanol–water partition coefficient (Wildman–Crippen LogP) is 3.03. The van der Waals surface area contributed by atoms with Gasteiger partial charge in [0.2, 0.25) is 0 Å². The van der Waals surface area contributed by atoms with Crippen LogP contribution in [0, 0.1) is 0 Å². The standard InChI is InChI=1S/C16H13N5/c1-21-10-14(16(20-21)11-5-7-17-8-6-11)12-3-2-4-15-13(12)9-18-19-15/h2-10H,1H3,(H,18,19). The molecule has 5 nitrogen and oxygen atoms in total. The Kier molecular flexibility index (Phi) is 2.57. The molecule has 3 heterocycles. The monoisotopic (exact) mass is 275 g/mol. The third-order valence-electron chi connectivity index (χ3n) is 3.56. The molecule has 102 valence electrons. The Morgan fingerprint density at radius 3 is 2.76 bits per heavy atom. The fourth-order valence-electron chi connectivity index (χ4n) is 2.61. The highest BCUT2D eigenvalue weighted by molar-refractivity contribution is 5.97. The fourth-order valence-corrected chi connectivity index (χ4v) is 2.61. The average Bonchev–Trinajstić information content (AvgIpc) is 3.14. The number of nitrogens with one attached hydrogen (secondary N) is 1. The number of H-pyrrole nitrogens is 1. The van der Waals surface area contributed by atoms with Crippen molar-refractivity contribution in [2.75, 3.05) is 0 Å². The maximum absolute atomic E-state index is 4.61. The number of aromatic nitrogens is 5. The lowest BCUT2D eigenvalue weighted by atomic mass is 10.00. The van der Waals surface area contributed by atoms with Crippen LogP contribution in [-0.4, -0.2) is 25.0 Å². The van der Waals surface area contributed by atoms with Gasteiger partial charge >= 0.3 is 0 Å². The molecular formula is C16H13N5. The molecule has 3 aromatic heterocycles. The van der Waals surface area contributed by atoms with Crippen LogP contribution in [0.5, 0.6) is 0 Å². The van der Waals surface area contributed by atoms with Crippen LogP contribution in [0.15, 0.2) is 55.1 Å². The van der Waals surface area contributed by atoms with Gasteiger partial charge in [-0.1, -0.05) is 12.1 Å². The van der Waals surface area contributed by atoms with Crippen molar-refractivity contribution < 1.29 is 0 Å². The first-order chi connectivity index (χ1) is 10.3. The van der Waals surface area contributed by atoms with Crippen LogP contribution in [0.1, 0.15) is 0 Å². The molecule has 0 aliphatic rings. The number of pyridine rings is 1. The lowest BCUT2D eigenvalue weighted by Crippen LogP contribution is -1.87. The lowest BCUT2D eigenvalue weighted by Gasteiger charge is -2.04. The van der Waals surface area contributed by atoms with Gasteiger partial charge in [0.05, 0.1) is 11.7 Å². The molecule has 1 aromatic carbocycles. The Morgan fingerprint density at radius 2 is 1.90 bits per heavy atom.